The van der Waals surface area contributed by atoms with Gasteiger partial charge in [-0.25, -0.2) is 8.42 Å². The fraction of sp³-hybridized carbons (Fsp3) is 0.200. The molecule has 2 aromatic carbocycles. The van der Waals surface area contributed by atoms with Crippen LogP contribution >= 0.6 is 15.9 Å². The molecule has 2 rings (SSSR count). The van der Waals surface area contributed by atoms with Crippen molar-refractivity contribution in [3.63, 3.8) is 0 Å². The fourth-order valence-corrected chi connectivity index (χ4v) is 3.98. The van der Waals surface area contributed by atoms with Crippen molar-refractivity contribution < 1.29 is 13.5 Å². The van der Waals surface area contributed by atoms with E-state index in [0.29, 0.717) is 4.47 Å². The first-order valence-corrected chi connectivity index (χ1v) is 8.68. The van der Waals surface area contributed by atoms with E-state index in [0.717, 1.165) is 5.56 Å². The molecule has 4 nitrogen and oxygen atoms in total. The molecule has 0 unspecified atom stereocenters. The smallest absolute Gasteiger partial charge is 0.243 e. The van der Waals surface area contributed by atoms with E-state index in [1.807, 2.05) is 30.3 Å². The first-order chi connectivity index (χ1) is 10.0. The normalized spacial score (nSPS) is 11.8. The third-order valence-corrected chi connectivity index (χ3v) is 5.32. The lowest BCUT2D eigenvalue weighted by Crippen LogP contribution is -2.33. The molecule has 0 amide bonds. The van der Waals surface area contributed by atoms with E-state index < -0.39 is 10.0 Å². The summed E-state index contributed by atoms with van der Waals surface area (Å²) >= 11 is 3.28. The summed E-state index contributed by atoms with van der Waals surface area (Å²) in [5.41, 5.74) is 0.879. The van der Waals surface area contributed by atoms with Gasteiger partial charge < -0.3 is 5.11 Å². The van der Waals surface area contributed by atoms with Gasteiger partial charge >= 0.3 is 0 Å². The van der Waals surface area contributed by atoms with E-state index in [9.17, 15) is 8.42 Å². The van der Waals surface area contributed by atoms with Gasteiger partial charge in [-0.15, -0.1) is 0 Å². The highest BCUT2D eigenvalue weighted by Gasteiger charge is 2.24. The molecule has 0 aliphatic carbocycles. The highest BCUT2D eigenvalue weighted by Crippen LogP contribution is 2.21. The van der Waals surface area contributed by atoms with Gasteiger partial charge in [0.05, 0.1) is 11.5 Å². The van der Waals surface area contributed by atoms with Gasteiger partial charge in [0.2, 0.25) is 10.0 Å². The van der Waals surface area contributed by atoms with Crippen molar-refractivity contribution in [3.05, 3.63) is 64.6 Å². The molecule has 1 N–H and O–H groups in total. The van der Waals surface area contributed by atoms with Gasteiger partial charge in [0.25, 0.3) is 0 Å². The summed E-state index contributed by atoms with van der Waals surface area (Å²) in [7, 11) is -3.64. The molecule has 0 aromatic heterocycles. The molecule has 0 aliphatic heterocycles. The second-order valence-corrected chi connectivity index (χ2v) is 7.36. The van der Waals surface area contributed by atoms with E-state index in [1.165, 1.54) is 4.31 Å². The summed E-state index contributed by atoms with van der Waals surface area (Å²) in [6.07, 6.45) is 0. The summed E-state index contributed by atoms with van der Waals surface area (Å²) in [5, 5.41) is 9.16. The molecule has 0 fully saturated rings. The zero-order valence-corrected chi connectivity index (χ0v) is 13.7. The largest absolute Gasteiger partial charge is 0.395 e. The average molecular weight is 370 g/mol. The number of benzene rings is 2. The van der Waals surface area contributed by atoms with Crippen LogP contribution in [0.1, 0.15) is 5.56 Å². The Labute approximate surface area is 133 Å². The Morgan fingerprint density at radius 2 is 1.76 bits per heavy atom. The molecular formula is C15H16BrNO3S. The maximum absolute atomic E-state index is 12.7. The Morgan fingerprint density at radius 3 is 2.38 bits per heavy atom. The van der Waals surface area contributed by atoms with Crippen LogP contribution in [0.2, 0.25) is 0 Å². The zero-order valence-electron chi connectivity index (χ0n) is 11.3. The predicted molar refractivity (Wildman–Crippen MR) is 85.3 cm³/mol. The van der Waals surface area contributed by atoms with Crippen molar-refractivity contribution in [1.29, 1.82) is 0 Å². The Kier molecular flexibility index (Phi) is 5.52. The van der Waals surface area contributed by atoms with Crippen molar-refractivity contribution in [3.8, 4) is 0 Å². The third-order valence-electron chi connectivity index (χ3n) is 2.99. The Hall–Kier alpha value is -1.21. The number of nitrogens with zero attached hydrogens (tertiary/aromatic N) is 1. The van der Waals surface area contributed by atoms with Gasteiger partial charge in [-0.1, -0.05) is 52.3 Å². The van der Waals surface area contributed by atoms with Crippen LogP contribution in [0.5, 0.6) is 0 Å². The minimum Gasteiger partial charge on any atom is -0.395 e. The van der Waals surface area contributed by atoms with Crippen LogP contribution in [0.4, 0.5) is 0 Å². The highest BCUT2D eigenvalue weighted by molar-refractivity contribution is 9.10. The Morgan fingerprint density at radius 1 is 1.05 bits per heavy atom. The molecule has 0 spiro atoms. The van der Waals surface area contributed by atoms with Gasteiger partial charge in [0, 0.05) is 17.6 Å². The quantitative estimate of drug-likeness (QED) is 0.851. The molecular weight excluding hydrogens is 354 g/mol. The molecule has 0 heterocycles. The maximum atomic E-state index is 12.7. The van der Waals surface area contributed by atoms with Crippen molar-refractivity contribution in [1.82, 2.24) is 4.31 Å². The van der Waals surface area contributed by atoms with Crippen molar-refractivity contribution in [2.75, 3.05) is 13.2 Å². The van der Waals surface area contributed by atoms with E-state index in [-0.39, 0.29) is 24.6 Å². The van der Waals surface area contributed by atoms with Crippen LogP contribution in [-0.2, 0) is 16.6 Å². The number of sulfonamides is 1. The number of aliphatic hydroxyl groups is 1. The minimum absolute atomic E-state index is 0.0593. The van der Waals surface area contributed by atoms with Gasteiger partial charge in [-0.05, 0) is 23.8 Å². The maximum Gasteiger partial charge on any atom is 0.243 e. The van der Waals surface area contributed by atoms with E-state index in [2.05, 4.69) is 15.9 Å². The first-order valence-electron chi connectivity index (χ1n) is 6.44. The molecule has 2 aromatic rings. The molecule has 0 atom stereocenters. The van der Waals surface area contributed by atoms with Gasteiger partial charge in [0.1, 0.15) is 0 Å². The number of rotatable bonds is 6. The summed E-state index contributed by atoms with van der Waals surface area (Å²) in [6, 6.07) is 15.9. The van der Waals surface area contributed by atoms with E-state index >= 15 is 0 Å². The topological polar surface area (TPSA) is 57.6 Å². The van der Waals surface area contributed by atoms with Crippen LogP contribution in [0.15, 0.2) is 64.0 Å². The number of hydrogen-bond acceptors (Lipinski definition) is 3. The summed E-state index contributed by atoms with van der Waals surface area (Å²) in [6.45, 7) is 0.0695. The third kappa shape index (κ3) is 4.14. The summed E-state index contributed by atoms with van der Waals surface area (Å²) in [5.74, 6) is 0. The van der Waals surface area contributed by atoms with Crippen LogP contribution in [0.3, 0.4) is 0 Å². The molecule has 0 saturated carbocycles. The molecule has 0 aliphatic rings. The molecule has 6 heteroatoms. The van der Waals surface area contributed by atoms with Crippen LogP contribution in [0, 0.1) is 0 Å². The monoisotopic (exact) mass is 369 g/mol. The number of hydrogen-bond donors (Lipinski definition) is 1. The second kappa shape index (κ2) is 7.17. The van der Waals surface area contributed by atoms with Gasteiger partial charge in [-0.2, -0.15) is 4.31 Å². The Bertz CT molecular complexity index is 689. The summed E-state index contributed by atoms with van der Waals surface area (Å²) < 4.78 is 27.3. The van der Waals surface area contributed by atoms with Crippen molar-refractivity contribution in [2.24, 2.45) is 0 Å². The van der Waals surface area contributed by atoms with Gasteiger partial charge in [-0.3, -0.25) is 0 Å². The standard InChI is InChI=1S/C15H16BrNO3S/c16-14-7-4-8-15(11-14)21(19,20)17(9-10-18)12-13-5-2-1-3-6-13/h1-8,11,18H,9-10,12H2. The lowest BCUT2D eigenvalue weighted by molar-refractivity contribution is 0.251. The molecule has 112 valence electrons. The number of halogens is 1. The van der Waals surface area contributed by atoms with Crippen LogP contribution < -0.4 is 0 Å². The first kappa shape index (κ1) is 16.2. The molecule has 0 radical (unpaired) electrons. The lowest BCUT2D eigenvalue weighted by atomic mass is 10.2. The van der Waals surface area contributed by atoms with Crippen LogP contribution in [-0.4, -0.2) is 31.0 Å². The SMILES string of the molecule is O=S(=O)(c1cccc(Br)c1)N(CCO)Cc1ccccc1. The minimum atomic E-state index is -3.64. The molecule has 21 heavy (non-hydrogen) atoms. The Balaban J connectivity index is 2.32. The average Bonchev–Trinajstić information content (AvgIpc) is 2.48. The van der Waals surface area contributed by atoms with Gasteiger partial charge in [0.15, 0.2) is 0 Å². The van der Waals surface area contributed by atoms with E-state index in [4.69, 9.17) is 5.11 Å². The molecule has 0 saturated heterocycles. The summed E-state index contributed by atoms with van der Waals surface area (Å²) in [4.78, 5) is 0.209. The van der Waals surface area contributed by atoms with E-state index in [1.54, 1.807) is 24.3 Å². The zero-order chi connectivity index (χ0) is 15.3. The highest BCUT2D eigenvalue weighted by atomic mass is 79.9. The lowest BCUT2D eigenvalue weighted by Gasteiger charge is -2.21. The fourth-order valence-electron chi connectivity index (χ4n) is 1.96. The van der Waals surface area contributed by atoms with Crippen LogP contribution in [0.25, 0.3) is 0 Å². The van der Waals surface area contributed by atoms with Crippen molar-refractivity contribution >= 4 is 26.0 Å². The second-order valence-electron chi connectivity index (χ2n) is 4.51. The molecule has 0 bridgehead atoms. The predicted octanol–water partition coefficient (Wildman–Crippen LogP) is 2.63. The van der Waals surface area contributed by atoms with Crippen molar-refractivity contribution in [2.45, 2.75) is 11.4 Å². The number of aliphatic hydroxyl groups excluding tert-OH is 1.